The van der Waals surface area contributed by atoms with Crippen LogP contribution in [0, 0.1) is 0 Å². The Morgan fingerprint density at radius 1 is 1.00 bits per heavy atom. The summed E-state index contributed by atoms with van der Waals surface area (Å²) in [4.78, 5) is 7.08. The first-order chi connectivity index (χ1) is 9.31. The number of hydrogen-bond acceptors (Lipinski definition) is 4. The Hall–Kier alpha value is -0.790. The smallest absolute Gasteiger partial charge is 0.263 e. The van der Waals surface area contributed by atoms with Crippen LogP contribution in [0.4, 0.5) is 5.69 Å². The van der Waals surface area contributed by atoms with Crippen molar-refractivity contribution < 1.29 is 8.42 Å². The van der Waals surface area contributed by atoms with Crippen molar-refractivity contribution >= 4 is 62.1 Å². The highest BCUT2D eigenvalue weighted by Crippen LogP contribution is 2.31. The van der Waals surface area contributed by atoms with Crippen LogP contribution >= 0.6 is 46.4 Å². The lowest BCUT2D eigenvalue weighted by atomic mass is 10.4. The van der Waals surface area contributed by atoms with E-state index >= 15 is 0 Å². The zero-order valence-corrected chi connectivity index (χ0v) is 13.3. The molecule has 5 nitrogen and oxygen atoms in total. The lowest BCUT2D eigenvalue weighted by Gasteiger charge is -2.11. The van der Waals surface area contributed by atoms with Gasteiger partial charge in [0.25, 0.3) is 10.0 Å². The van der Waals surface area contributed by atoms with Crippen molar-refractivity contribution in [2.24, 2.45) is 0 Å². The molecule has 0 aliphatic carbocycles. The Bertz CT molecular complexity index is 747. The first-order valence-electron chi connectivity index (χ1n) is 4.95. The number of hydrogen-bond donors (Lipinski definition) is 1. The van der Waals surface area contributed by atoms with Crippen molar-refractivity contribution in [2.75, 3.05) is 4.72 Å². The lowest BCUT2D eigenvalue weighted by molar-refractivity contribution is 0.601. The molecular weight excluding hydrogens is 368 g/mol. The van der Waals surface area contributed by atoms with Crippen LogP contribution in [0.1, 0.15) is 0 Å². The Labute approximate surface area is 134 Å². The molecule has 1 N–H and O–H groups in total. The number of sulfonamides is 1. The summed E-state index contributed by atoms with van der Waals surface area (Å²) in [5, 5.41) is -0.0410. The second kappa shape index (κ2) is 5.91. The molecule has 1 aromatic heterocycles. The van der Waals surface area contributed by atoms with Crippen LogP contribution in [0.25, 0.3) is 0 Å². The highest BCUT2D eigenvalue weighted by molar-refractivity contribution is 7.92. The number of nitrogens with zero attached hydrogens (tertiary/aromatic N) is 2. The first-order valence-corrected chi connectivity index (χ1v) is 7.94. The van der Waals surface area contributed by atoms with Gasteiger partial charge in [0.1, 0.15) is 16.9 Å². The van der Waals surface area contributed by atoms with Gasteiger partial charge >= 0.3 is 0 Å². The van der Waals surface area contributed by atoms with Gasteiger partial charge < -0.3 is 0 Å². The van der Waals surface area contributed by atoms with E-state index in [9.17, 15) is 8.42 Å². The molecule has 0 saturated carbocycles. The monoisotopic (exact) mass is 371 g/mol. The molecule has 106 valence electrons. The number of aromatic nitrogens is 2. The van der Waals surface area contributed by atoms with Gasteiger partial charge in [-0.3, -0.25) is 4.72 Å². The average molecular weight is 373 g/mol. The topological polar surface area (TPSA) is 72.0 Å². The van der Waals surface area contributed by atoms with Crippen LogP contribution in [-0.4, -0.2) is 18.4 Å². The summed E-state index contributed by atoms with van der Waals surface area (Å²) < 4.78 is 26.7. The molecule has 1 heterocycles. The highest BCUT2D eigenvalue weighted by atomic mass is 35.5. The van der Waals surface area contributed by atoms with Crippen molar-refractivity contribution in [3.8, 4) is 0 Å². The van der Waals surface area contributed by atoms with Crippen molar-refractivity contribution in [1.82, 2.24) is 9.97 Å². The van der Waals surface area contributed by atoms with E-state index in [1.807, 2.05) is 0 Å². The zero-order valence-electron chi connectivity index (χ0n) is 9.44. The predicted octanol–water partition coefficient (Wildman–Crippen LogP) is 3.89. The Morgan fingerprint density at radius 2 is 1.60 bits per heavy atom. The molecule has 1 aromatic carbocycles. The molecule has 10 heteroatoms. The Balaban J connectivity index is 2.49. The molecule has 20 heavy (non-hydrogen) atoms. The largest absolute Gasteiger partial charge is 0.274 e. The second-order valence-corrected chi connectivity index (χ2v) is 6.72. The minimum absolute atomic E-state index is 0.00555. The molecule has 0 bridgehead atoms. The van der Waals surface area contributed by atoms with E-state index in [1.54, 1.807) is 0 Å². The molecule has 0 aliphatic heterocycles. The van der Waals surface area contributed by atoms with E-state index in [1.165, 1.54) is 18.2 Å². The molecule has 0 saturated heterocycles. The van der Waals surface area contributed by atoms with Gasteiger partial charge in [0.15, 0.2) is 10.3 Å². The Morgan fingerprint density at radius 3 is 2.20 bits per heavy atom. The molecule has 0 radical (unpaired) electrons. The van der Waals surface area contributed by atoms with Gasteiger partial charge in [0.2, 0.25) is 0 Å². The van der Waals surface area contributed by atoms with E-state index < -0.39 is 10.0 Å². The third kappa shape index (κ3) is 3.27. The van der Waals surface area contributed by atoms with E-state index in [0.717, 1.165) is 6.33 Å². The Kier molecular flexibility index (Phi) is 4.61. The van der Waals surface area contributed by atoms with Crippen LogP contribution in [0.3, 0.4) is 0 Å². The molecular formula is C10H5Cl4N3O2S. The molecule has 0 fully saturated rings. The van der Waals surface area contributed by atoms with Crippen LogP contribution in [0.2, 0.25) is 20.4 Å². The fourth-order valence-electron chi connectivity index (χ4n) is 1.30. The van der Waals surface area contributed by atoms with Gasteiger partial charge in [0.05, 0.1) is 5.02 Å². The third-order valence-corrected chi connectivity index (χ3v) is 4.81. The van der Waals surface area contributed by atoms with Crippen LogP contribution in [0.5, 0.6) is 0 Å². The molecule has 0 aliphatic rings. The molecule has 0 amide bonds. The summed E-state index contributed by atoms with van der Waals surface area (Å²) in [5.74, 6) is 0. The van der Waals surface area contributed by atoms with Gasteiger partial charge in [-0.15, -0.1) is 0 Å². The summed E-state index contributed by atoms with van der Waals surface area (Å²) >= 11 is 23.2. The summed E-state index contributed by atoms with van der Waals surface area (Å²) in [6.45, 7) is 0. The standard InChI is InChI=1S/C10H5Cl4N3O2S/c11-5-1-2-6(12)7(3-5)20(18,19)17-8-9(13)15-4-16-10(8)14/h1-4,17H. The zero-order chi connectivity index (χ0) is 14.9. The fraction of sp³-hybridized carbons (Fsp3) is 0. The number of anilines is 1. The van der Waals surface area contributed by atoms with Gasteiger partial charge in [-0.1, -0.05) is 46.4 Å². The van der Waals surface area contributed by atoms with Crippen LogP contribution in [-0.2, 0) is 10.0 Å². The number of halogens is 4. The second-order valence-electron chi connectivity index (χ2n) is 3.51. The highest BCUT2D eigenvalue weighted by Gasteiger charge is 2.22. The minimum Gasteiger partial charge on any atom is -0.274 e. The van der Waals surface area contributed by atoms with E-state index in [0.29, 0.717) is 0 Å². The summed E-state index contributed by atoms with van der Waals surface area (Å²) in [6.07, 6.45) is 1.11. The fourth-order valence-corrected chi connectivity index (χ4v) is 3.66. The van der Waals surface area contributed by atoms with E-state index in [-0.39, 0.29) is 30.9 Å². The summed E-state index contributed by atoms with van der Waals surface area (Å²) in [7, 11) is -4.03. The van der Waals surface area contributed by atoms with E-state index in [4.69, 9.17) is 46.4 Å². The van der Waals surface area contributed by atoms with Gasteiger partial charge in [-0.05, 0) is 18.2 Å². The molecule has 2 aromatic rings. The maximum Gasteiger partial charge on any atom is 0.263 e. The number of benzene rings is 1. The average Bonchev–Trinajstić information content (AvgIpc) is 2.37. The quantitative estimate of drug-likeness (QED) is 0.829. The minimum atomic E-state index is -4.03. The van der Waals surface area contributed by atoms with Gasteiger partial charge in [-0.25, -0.2) is 18.4 Å². The maximum absolute atomic E-state index is 12.3. The van der Waals surface area contributed by atoms with Gasteiger partial charge in [-0.2, -0.15) is 0 Å². The van der Waals surface area contributed by atoms with Crippen molar-refractivity contribution in [3.05, 3.63) is 44.9 Å². The SMILES string of the molecule is O=S(=O)(Nc1c(Cl)ncnc1Cl)c1cc(Cl)ccc1Cl. The maximum atomic E-state index is 12.3. The molecule has 0 unspecified atom stereocenters. The summed E-state index contributed by atoms with van der Waals surface area (Å²) in [6, 6.07) is 4.04. The third-order valence-electron chi connectivity index (χ3n) is 2.17. The van der Waals surface area contributed by atoms with Gasteiger partial charge in [0, 0.05) is 5.02 Å². The van der Waals surface area contributed by atoms with Crippen molar-refractivity contribution in [2.45, 2.75) is 4.90 Å². The lowest BCUT2D eigenvalue weighted by Crippen LogP contribution is -2.14. The molecule has 2 rings (SSSR count). The van der Waals surface area contributed by atoms with E-state index in [2.05, 4.69) is 14.7 Å². The molecule has 0 spiro atoms. The number of nitrogens with one attached hydrogen (secondary N) is 1. The predicted molar refractivity (Wildman–Crippen MR) is 79.3 cm³/mol. The summed E-state index contributed by atoms with van der Waals surface area (Å²) in [5.41, 5.74) is -0.133. The number of rotatable bonds is 3. The first kappa shape index (κ1) is 15.6. The van der Waals surface area contributed by atoms with Crippen molar-refractivity contribution in [3.63, 3.8) is 0 Å². The van der Waals surface area contributed by atoms with Crippen LogP contribution in [0.15, 0.2) is 29.4 Å². The molecule has 0 atom stereocenters. The normalized spacial score (nSPS) is 11.4. The van der Waals surface area contributed by atoms with Crippen LogP contribution < -0.4 is 4.72 Å². The van der Waals surface area contributed by atoms with Crippen molar-refractivity contribution in [1.29, 1.82) is 0 Å².